The molecule has 0 aliphatic carbocycles. The topological polar surface area (TPSA) is 27.7 Å². The first-order valence-corrected chi connectivity index (χ1v) is 7.32. The van der Waals surface area contributed by atoms with Gasteiger partial charge in [-0.1, -0.05) is 36.9 Å². The normalized spacial score (nSPS) is 12.2. The summed E-state index contributed by atoms with van der Waals surface area (Å²) in [5.41, 5.74) is 1.90. The summed E-state index contributed by atoms with van der Waals surface area (Å²) in [6.45, 7) is 6.42. The maximum Gasteiger partial charge on any atom is 0.227 e. The van der Waals surface area contributed by atoms with Gasteiger partial charge in [0.1, 0.15) is 0 Å². The van der Waals surface area contributed by atoms with E-state index >= 15 is 0 Å². The molecule has 0 saturated heterocycles. The van der Waals surface area contributed by atoms with Crippen LogP contribution in [-0.2, 0) is 20.3 Å². The molecule has 0 aliphatic rings. The Bertz CT molecular complexity index is 375. The Balaban J connectivity index is 2.40. The molecule has 4 heteroatoms. The van der Waals surface area contributed by atoms with E-state index in [-0.39, 0.29) is 0 Å². The van der Waals surface area contributed by atoms with Gasteiger partial charge in [0.05, 0.1) is 0 Å². The van der Waals surface area contributed by atoms with Crippen LogP contribution in [0.25, 0.3) is 6.08 Å². The van der Waals surface area contributed by atoms with E-state index in [1.54, 1.807) is 14.2 Å². The molecule has 0 unspecified atom stereocenters. The standard InChI is InChI=1S/C14H22O3Si/c1-5-12-8-6-7-9-13(12)10-11-17-18-14(2,15-3)16-4/h5-9H,1,10-11,18H2,2-4H3. The molecule has 0 fully saturated rings. The third-order valence-corrected chi connectivity index (χ3v) is 4.61. The lowest BCUT2D eigenvalue weighted by Crippen LogP contribution is -2.38. The number of hydrogen-bond acceptors (Lipinski definition) is 3. The van der Waals surface area contributed by atoms with E-state index in [2.05, 4.69) is 18.7 Å². The van der Waals surface area contributed by atoms with Gasteiger partial charge in [-0.15, -0.1) is 0 Å². The molecule has 0 aliphatic heterocycles. The summed E-state index contributed by atoms with van der Waals surface area (Å²) in [7, 11) is 2.42. The lowest BCUT2D eigenvalue weighted by molar-refractivity contribution is -0.138. The van der Waals surface area contributed by atoms with Crippen LogP contribution in [0.3, 0.4) is 0 Å². The van der Waals surface area contributed by atoms with Gasteiger partial charge in [0.15, 0.2) is 5.41 Å². The molecule has 0 atom stereocenters. The third kappa shape index (κ3) is 4.38. The maximum atomic E-state index is 5.74. The molecule has 0 spiro atoms. The molecule has 0 saturated carbocycles. The van der Waals surface area contributed by atoms with Gasteiger partial charge in [0.25, 0.3) is 0 Å². The van der Waals surface area contributed by atoms with Crippen molar-refractivity contribution in [3.8, 4) is 0 Å². The Labute approximate surface area is 112 Å². The van der Waals surface area contributed by atoms with Crippen LogP contribution in [0.5, 0.6) is 0 Å². The molecule has 0 radical (unpaired) electrons. The quantitative estimate of drug-likeness (QED) is 0.409. The second-order valence-electron chi connectivity index (χ2n) is 4.25. The molecule has 0 N–H and O–H groups in total. The summed E-state index contributed by atoms with van der Waals surface area (Å²) >= 11 is 0. The predicted octanol–water partition coefficient (Wildman–Crippen LogP) is 1.94. The monoisotopic (exact) mass is 266 g/mol. The average molecular weight is 266 g/mol. The molecule has 3 nitrogen and oxygen atoms in total. The van der Waals surface area contributed by atoms with Crippen LogP contribution in [0.2, 0.25) is 0 Å². The van der Waals surface area contributed by atoms with Crippen LogP contribution in [0.4, 0.5) is 0 Å². The minimum atomic E-state index is -0.876. The SMILES string of the molecule is C=Cc1ccccc1CCO[SiH2]C(C)(OC)OC. The molecular weight excluding hydrogens is 244 g/mol. The predicted molar refractivity (Wildman–Crippen MR) is 77.2 cm³/mol. The van der Waals surface area contributed by atoms with E-state index in [4.69, 9.17) is 13.9 Å². The van der Waals surface area contributed by atoms with Crippen LogP contribution in [0.1, 0.15) is 18.1 Å². The number of methoxy groups -OCH3 is 2. The summed E-state index contributed by atoms with van der Waals surface area (Å²) in [6, 6.07) is 8.22. The van der Waals surface area contributed by atoms with Gasteiger partial charge in [-0.3, -0.25) is 0 Å². The van der Waals surface area contributed by atoms with Crippen molar-refractivity contribution >= 4 is 15.8 Å². The Morgan fingerprint density at radius 3 is 2.56 bits per heavy atom. The molecule has 0 aromatic heterocycles. The van der Waals surface area contributed by atoms with Crippen molar-refractivity contribution in [1.29, 1.82) is 0 Å². The minimum Gasteiger partial charge on any atom is -0.417 e. The number of benzene rings is 1. The van der Waals surface area contributed by atoms with Crippen molar-refractivity contribution in [1.82, 2.24) is 0 Å². The average Bonchev–Trinajstić information content (AvgIpc) is 2.43. The summed E-state index contributed by atoms with van der Waals surface area (Å²) in [6.07, 6.45) is 2.76. The van der Waals surface area contributed by atoms with Gasteiger partial charge in [0, 0.05) is 20.8 Å². The van der Waals surface area contributed by atoms with E-state index in [1.807, 2.05) is 25.1 Å². The van der Waals surface area contributed by atoms with E-state index in [0.29, 0.717) is 6.61 Å². The van der Waals surface area contributed by atoms with Gasteiger partial charge in [0.2, 0.25) is 9.76 Å². The molecule has 0 amide bonds. The van der Waals surface area contributed by atoms with Crippen LogP contribution < -0.4 is 0 Å². The Hall–Kier alpha value is -0.943. The molecule has 0 bridgehead atoms. The van der Waals surface area contributed by atoms with E-state index in [1.165, 1.54) is 11.1 Å². The van der Waals surface area contributed by atoms with Crippen molar-refractivity contribution in [3.63, 3.8) is 0 Å². The molecule has 100 valence electrons. The fourth-order valence-corrected chi connectivity index (χ4v) is 2.50. The molecular formula is C14H22O3Si. The van der Waals surface area contributed by atoms with Gasteiger partial charge in [-0.25, -0.2) is 0 Å². The Morgan fingerprint density at radius 2 is 1.94 bits per heavy atom. The summed E-state index contributed by atoms with van der Waals surface area (Å²) < 4.78 is 16.3. The minimum absolute atomic E-state index is 0.530. The van der Waals surface area contributed by atoms with Crippen LogP contribution in [-0.4, -0.2) is 36.0 Å². The van der Waals surface area contributed by atoms with Gasteiger partial charge < -0.3 is 13.9 Å². The van der Waals surface area contributed by atoms with Crippen molar-refractivity contribution in [2.24, 2.45) is 0 Å². The van der Waals surface area contributed by atoms with Crippen LogP contribution in [0.15, 0.2) is 30.8 Å². The second kappa shape index (κ2) is 7.48. The number of ether oxygens (including phenoxy) is 2. The van der Waals surface area contributed by atoms with Crippen LogP contribution >= 0.6 is 0 Å². The van der Waals surface area contributed by atoms with Crippen molar-refractivity contribution < 1.29 is 13.9 Å². The zero-order valence-electron chi connectivity index (χ0n) is 11.4. The summed E-state index contributed by atoms with van der Waals surface area (Å²) in [5.74, 6) is 0. The second-order valence-corrected chi connectivity index (χ2v) is 6.23. The Kier molecular flexibility index (Phi) is 6.28. The lowest BCUT2D eigenvalue weighted by Gasteiger charge is -2.25. The molecule has 0 heterocycles. The summed E-state index contributed by atoms with van der Waals surface area (Å²) in [5, 5.41) is 0. The molecule has 18 heavy (non-hydrogen) atoms. The Morgan fingerprint density at radius 1 is 1.28 bits per heavy atom. The largest absolute Gasteiger partial charge is 0.417 e. The highest BCUT2D eigenvalue weighted by Gasteiger charge is 2.23. The van der Waals surface area contributed by atoms with Crippen LogP contribution in [0, 0.1) is 0 Å². The zero-order valence-corrected chi connectivity index (χ0v) is 12.9. The highest BCUT2D eigenvalue weighted by atomic mass is 28.2. The van der Waals surface area contributed by atoms with E-state index in [0.717, 1.165) is 6.42 Å². The smallest absolute Gasteiger partial charge is 0.227 e. The summed E-state index contributed by atoms with van der Waals surface area (Å²) in [4.78, 5) is 0. The zero-order chi connectivity index (χ0) is 13.4. The first-order chi connectivity index (χ1) is 8.65. The molecule has 1 rings (SSSR count). The fraction of sp³-hybridized carbons (Fsp3) is 0.429. The first-order valence-electron chi connectivity index (χ1n) is 6.03. The van der Waals surface area contributed by atoms with Gasteiger partial charge in [-0.2, -0.15) is 0 Å². The number of hydrogen-bond donors (Lipinski definition) is 0. The molecule has 1 aromatic carbocycles. The highest BCUT2D eigenvalue weighted by Crippen LogP contribution is 2.12. The maximum absolute atomic E-state index is 5.74. The highest BCUT2D eigenvalue weighted by molar-refractivity contribution is 6.30. The van der Waals surface area contributed by atoms with Crippen molar-refractivity contribution in [2.45, 2.75) is 18.8 Å². The van der Waals surface area contributed by atoms with Crippen molar-refractivity contribution in [2.75, 3.05) is 20.8 Å². The number of rotatable bonds is 8. The molecule has 1 aromatic rings. The fourth-order valence-electron chi connectivity index (χ4n) is 1.60. The van der Waals surface area contributed by atoms with Gasteiger partial charge >= 0.3 is 0 Å². The van der Waals surface area contributed by atoms with Crippen molar-refractivity contribution in [3.05, 3.63) is 42.0 Å². The lowest BCUT2D eigenvalue weighted by atomic mass is 10.1. The third-order valence-electron chi connectivity index (χ3n) is 3.02. The van der Waals surface area contributed by atoms with Gasteiger partial charge in [-0.05, 0) is 24.5 Å². The van der Waals surface area contributed by atoms with E-state index < -0.39 is 15.2 Å². The first kappa shape index (κ1) is 15.1. The van der Waals surface area contributed by atoms with E-state index in [9.17, 15) is 0 Å².